The van der Waals surface area contributed by atoms with Gasteiger partial charge in [-0.05, 0) is 81.9 Å². The van der Waals surface area contributed by atoms with E-state index in [1.54, 1.807) is 0 Å². The molecule has 2 saturated heterocycles. The molecule has 4 rings (SSSR count). The zero-order valence-electron chi connectivity index (χ0n) is 20.2. The van der Waals surface area contributed by atoms with Crippen molar-refractivity contribution in [3.8, 4) is 11.5 Å². The van der Waals surface area contributed by atoms with Gasteiger partial charge in [0.15, 0.2) is 0 Å². The summed E-state index contributed by atoms with van der Waals surface area (Å²) >= 11 is 0. The summed E-state index contributed by atoms with van der Waals surface area (Å²) in [4.78, 5) is 4.97. The SMILES string of the molecule is Cc1ccc(OCC2(O)CCN(Cc3cccc(OCCCN4CCCCC4)c3)CC2)cc1. The lowest BCUT2D eigenvalue weighted by Crippen LogP contribution is -2.47. The number of benzene rings is 2. The molecule has 5 heteroatoms. The first-order valence-corrected chi connectivity index (χ1v) is 12.7. The normalized spacial score (nSPS) is 19.3. The van der Waals surface area contributed by atoms with Crippen LogP contribution in [0.1, 0.15) is 49.7 Å². The molecule has 2 aromatic carbocycles. The van der Waals surface area contributed by atoms with Gasteiger partial charge in [0, 0.05) is 26.2 Å². The molecule has 0 aliphatic carbocycles. The third kappa shape index (κ3) is 7.73. The summed E-state index contributed by atoms with van der Waals surface area (Å²) in [6.45, 7) is 9.46. The van der Waals surface area contributed by atoms with Crippen molar-refractivity contribution < 1.29 is 14.6 Å². The fourth-order valence-electron chi connectivity index (χ4n) is 4.78. The van der Waals surface area contributed by atoms with E-state index >= 15 is 0 Å². The Morgan fingerprint density at radius 2 is 1.61 bits per heavy atom. The lowest BCUT2D eigenvalue weighted by molar-refractivity contribution is -0.0537. The standard InChI is InChI=1S/C28H40N2O3/c1-24-9-11-26(12-10-24)33-23-28(31)13-18-30(19-14-28)22-25-7-5-8-27(21-25)32-20-6-17-29-15-3-2-4-16-29/h5,7-12,21,31H,2-4,6,13-20,22-23H2,1H3. The zero-order chi connectivity index (χ0) is 22.9. The van der Waals surface area contributed by atoms with E-state index in [4.69, 9.17) is 9.47 Å². The van der Waals surface area contributed by atoms with Gasteiger partial charge in [-0.25, -0.2) is 0 Å². The monoisotopic (exact) mass is 452 g/mol. The summed E-state index contributed by atoms with van der Waals surface area (Å²) in [6, 6.07) is 16.5. The zero-order valence-corrected chi connectivity index (χ0v) is 20.2. The molecule has 5 nitrogen and oxygen atoms in total. The molecule has 0 radical (unpaired) electrons. The highest BCUT2D eigenvalue weighted by molar-refractivity contribution is 5.29. The first-order valence-electron chi connectivity index (χ1n) is 12.7. The van der Waals surface area contributed by atoms with Crippen LogP contribution in [0, 0.1) is 6.92 Å². The molecular formula is C28H40N2O3. The molecule has 0 unspecified atom stereocenters. The Morgan fingerprint density at radius 1 is 0.848 bits per heavy atom. The summed E-state index contributed by atoms with van der Waals surface area (Å²) < 4.78 is 11.9. The Labute approximate surface area is 199 Å². The number of aliphatic hydroxyl groups is 1. The number of piperidine rings is 2. The average Bonchev–Trinajstić information content (AvgIpc) is 2.84. The maximum absolute atomic E-state index is 11.0. The lowest BCUT2D eigenvalue weighted by atomic mass is 9.92. The quantitative estimate of drug-likeness (QED) is 0.532. The Hall–Kier alpha value is -2.08. The smallest absolute Gasteiger partial charge is 0.119 e. The van der Waals surface area contributed by atoms with Crippen LogP contribution in [0.25, 0.3) is 0 Å². The predicted molar refractivity (Wildman–Crippen MR) is 133 cm³/mol. The van der Waals surface area contributed by atoms with Gasteiger partial charge < -0.3 is 19.5 Å². The van der Waals surface area contributed by atoms with Crippen LogP contribution in [0.15, 0.2) is 48.5 Å². The van der Waals surface area contributed by atoms with E-state index in [1.807, 2.05) is 24.3 Å². The van der Waals surface area contributed by atoms with E-state index in [-0.39, 0.29) is 0 Å². The minimum Gasteiger partial charge on any atom is -0.494 e. The van der Waals surface area contributed by atoms with Crippen molar-refractivity contribution in [2.75, 3.05) is 45.9 Å². The molecule has 1 N–H and O–H groups in total. The van der Waals surface area contributed by atoms with Crippen molar-refractivity contribution in [3.05, 3.63) is 59.7 Å². The molecular weight excluding hydrogens is 412 g/mol. The van der Waals surface area contributed by atoms with E-state index in [0.717, 1.165) is 63.5 Å². The van der Waals surface area contributed by atoms with Gasteiger partial charge in [-0.3, -0.25) is 4.90 Å². The number of aryl methyl sites for hydroxylation is 1. The molecule has 2 fully saturated rings. The number of hydrogen-bond donors (Lipinski definition) is 1. The number of hydrogen-bond acceptors (Lipinski definition) is 5. The largest absolute Gasteiger partial charge is 0.494 e. The van der Waals surface area contributed by atoms with Crippen molar-refractivity contribution in [1.82, 2.24) is 9.80 Å². The van der Waals surface area contributed by atoms with Gasteiger partial charge in [0.2, 0.25) is 0 Å². The van der Waals surface area contributed by atoms with Crippen molar-refractivity contribution in [2.24, 2.45) is 0 Å². The van der Waals surface area contributed by atoms with Gasteiger partial charge in [-0.1, -0.05) is 36.2 Å². The fraction of sp³-hybridized carbons (Fsp3) is 0.571. The maximum atomic E-state index is 11.0. The Balaban J connectivity index is 1.17. The van der Waals surface area contributed by atoms with Crippen LogP contribution in [0.4, 0.5) is 0 Å². The summed E-state index contributed by atoms with van der Waals surface area (Å²) in [5.41, 5.74) is 1.73. The van der Waals surface area contributed by atoms with E-state index in [2.05, 4.69) is 41.0 Å². The molecule has 180 valence electrons. The second-order valence-corrected chi connectivity index (χ2v) is 9.85. The first-order chi connectivity index (χ1) is 16.1. The minimum absolute atomic E-state index is 0.352. The van der Waals surface area contributed by atoms with Crippen LogP contribution in [-0.4, -0.2) is 66.4 Å². The van der Waals surface area contributed by atoms with Gasteiger partial charge >= 0.3 is 0 Å². The molecule has 2 aromatic rings. The molecule has 2 heterocycles. The second kappa shape index (κ2) is 11.9. The summed E-state index contributed by atoms with van der Waals surface area (Å²) in [6.07, 6.45) is 6.61. The Kier molecular flexibility index (Phi) is 8.65. The topological polar surface area (TPSA) is 45.2 Å². The Morgan fingerprint density at radius 3 is 2.36 bits per heavy atom. The molecule has 33 heavy (non-hydrogen) atoms. The van der Waals surface area contributed by atoms with Crippen molar-refractivity contribution in [3.63, 3.8) is 0 Å². The number of ether oxygens (including phenoxy) is 2. The summed E-state index contributed by atoms with van der Waals surface area (Å²) in [5.74, 6) is 1.79. The lowest BCUT2D eigenvalue weighted by Gasteiger charge is -2.38. The summed E-state index contributed by atoms with van der Waals surface area (Å²) in [5, 5.41) is 11.0. The predicted octanol–water partition coefficient (Wildman–Crippen LogP) is 4.66. The highest BCUT2D eigenvalue weighted by atomic mass is 16.5. The van der Waals surface area contributed by atoms with Gasteiger partial charge in [0.1, 0.15) is 23.7 Å². The van der Waals surface area contributed by atoms with E-state index in [1.165, 1.54) is 43.5 Å². The van der Waals surface area contributed by atoms with E-state index in [0.29, 0.717) is 6.61 Å². The highest BCUT2D eigenvalue weighted by Crippen LogP contribution is 2.26. The third-order valence-corrected chi connectivity index (χ3v) is 6.96. The molecule has 2 aliphatic heterocycles. The van der Waals surface area contributed by atoms with Gasteiger partial charge in [-0.2, -0.15) is 0 Å². The molecule has 0 aromatic heterocycles. The van der Waals surface area contributed by atoms with Crippen LogP contribution in [0.3, 0.4) is 0 Å². The molecule has 0 spiro atoms. The minimum atomic E-state index is -0.749. The van der Waals surface area contributed by atoms with Crippen molar-refractivity contribution >= 4 is 0 Å². The number of likely N-dealkylation sites (tertiary alicyclic amines) is 2. The first kappa shape index (κ1) is 24.1. The van der Waals surface area contributed by atoms with E-state index < -0.39 is 5.60 Å². The van der Waals surface area contributed by atoms with Crippen LogP contribution >= 0.6 is 0 Å². The molecule has 2 aliphatic rings. The van der Waals surface area contributed by atoms with Gasteiger partial charge in [0.05, 0.1) is 6.61 Å². The highest BCUT2D eigenvalue weighted by Gasteiger charge is 2.33. The second-order valence-electron chi connectivity index (χ2n) is 9.85. The maximum Gasteiger partial charge on any atom is 0.119 e. The van der Waals surface area contributed by atoms with Crippen LogP contribution < -0.4 is 9.47 Å². The van der Waals surface area contributed by atoms with Crippen molar-refractivity contribution in [2.45, 2.75) is 57.6 Å². The van der Waals surface area contributed by atoms with Crippen molar-refractivity contribution in [1.29, 1.82) is 0 Å². The number of nitrogens with zero attached hydrogens (tertiary/aromatic N) is 2. The molecule has 0 atom stereocenters. The molecule has 0 saturated carbocycles. The Bertz CT molecular complexity index is 840. The van der Waals surface area contributed by atoms with Crippen LogP contribution in [-0.2, 0) is 6.54 Å². The van der Waals surface area contributed by atoms with Crippen LogP contribution in [0.5, 0.6) is 11.5 Å². The average molecular weight is 453 g/mol. The number of rotatable bonds is 10. The summed E-state index contributed by atoms with van der Waals surface area (Å²) in [7, 11) is 0. The fourth-order valence-corrected chi connectivity index (χ4v) is 4.78. The third-order valence-electron chi connectivity index (χ3n) is 6.96. The van der Waals surface area contributed by atoms with E-state index in [9.17, 15) is 5.11 Å². The molecule has 0 amide bonds. The molecule has 0 bridgehead atoms. The van der Waals surface area contributed by atoms with Gasteiger partial charge in [-0.15, -0.1) is 0 Å². The van der Waals surface area contributed by atoms with Gasteiger partial charge in [0.25, 0.3) is 0 Å². The van der Waals surface area contributed by atoms with Crippen LogP contribution in [0.2, 0.25) is 0 Å².